The number of benzene rings is 3. The molecule has 0 atom stereocenters. The second kappa shape index (κ2) is 7.79. The van der Waals surface area contributed by atoms with Crippen LogP contribution in [0.1, 0.15) is 11.1 Å². The number of halogens is 3. The third-order valence-corrected chi connectivity index (χ3v) is 6.20. The van der Waals surface area contributed by atoms with Gasteiger partial charge in [-0.25, -0.2) is 0 Å². The summed E-state index contributed by atoms with van der Waals surface area (Å²) in [6.45, 7) is 3.28. The van der Waals surface area contributed by atoms with E-state index in [0.29, 0.717) is 37.5 Å². The molecule has 0 unspecified atom stereocenters. The van der Waals surface area contributed by atoms with Crippen molar-refractivity contribution < 1.29 is 13.9 Å². The van der Waals surface area contributed by atoms with Crippen LogP contribution in [0.2, 0.25) is 15.1 Å². The van der Waals surface area contributed by atoms with Gasteiger partial charge in [0, 0.05) is 27.5 Å². The fourth-order valence-electron chi connectivity index (χ4n) is 3.18. The zero-order valence-corrected chi connectivity index (χ0v) is 17.9. The van der Waals surface area contributed by atoms with Crippen molar-refractivity contribution in [3.63, 3.8) is 0 Å². The summed E-state index contributed by atoms with van der Waals surface area (Å²) in [4.78, 5) is 12.4. The molecule has 1 amide bonds. The quantitative estimate of drug-likeness (QED) is 0.360. The van der Waals surface area contributed by atoms with Crippen LogP contribution in [-0.4, -0.2) is 12.5 Å². The van der Waals surface area contributed by atoms with E-state index >= 15 is 0 Å². The third-order valence-electron chi connectivity index (χ3n) is 4.73. The Morgan fingerprint density at radius 1 is 0.931 bits per heavy atom. The van der Waals surface area contributed by atoms with E-state index in [1.165, 1.54) is 0 Å². The van der Waals surface area contributed by atoms with Crippen LogP contribution >= 0.6 is 34.8 Å². The first-order chi connectivity index (χ1) is 13.9. The maximum Gasteiger partial charge on any atom is 0.262 e. The Balaban J connectivity index is 1.51. The number of anilines is 1. The number of ether oxygens (including phenoxy) is 1. The molecule has 1 heterocycles. The highest BCUT2D eigenvalue weighted by molar-refractivity contribution is 6.42. The predicted molar refractivity (Wildman–Crippen MR) is 119 cm³/mol. The normalized spacial score (nSPS) is 11.2. The average molecular weight is 449 g/mol. The summed E-state index contributed by atoms with van der Waals surface area (Å²) in [6.07, 6.45) is 0. The molecule has 4 nitrogen and oxygen atoms in total. The van der Waals surface area contributed by atoms with Gasteiger partial charge in [-0.1, -0.05) is 53.0 Å². The molecular formula is C22H16Cl3NO3. The number of nitrogens with one attached hydrogen (secondary N) is 1. The highest BCUT2D eigenvalue weighted by atomic mass is 35.5. The molecular weight excluding hydrogens is 433 g/mol. The summed E-state index contributed by atoms with van der Waals surface area (Å²) in [5.41, 5.74) is 3.40. The first-order valence-electron chi connectivity index (χ1n) is 8.84. The van der Waals surface area contributed by atoms with Crippen LogP contribution in [0.15, 0.2) is 46.9 Å². The first kappa shape index (κ1) is 19.9. The van der Waals surface area contributed by atoms with Crippen molar-refractivity contribution in [2.45, 2.75) is 13.8 Å². The van der Waals surface area contributed by atoms with Gasteiger partial charge in [-0.05, 0) is 43.2 Å². The van der Waals surface area contributed by atoms with E-state index < -0.39 is 0 Å². The van der Waals surface area contributed by atoms with E-state index in [0.717, 1.165) is 16.4 Å². The van der Waals surface area contributed by atoms with Crippen molar-refractivity contribution in [2.75, 3.05) is 11.9 Å². The Hall–Kier alpha value is -2.40. The third kappa shape index (κ3) is 3.64. The number of fused-ring (bicyclic) bond motifs is 3. The van der Waals surface area contributed by atoms with Crippen LogP contribution in [0, 0.1) is 13.8 Å². The molecule has 148 valence electrons. The van der Waals surface area contributed by atoms with Crippen molar-refractivity contribution in [3.05, 3.63) is 68.7 Å². The Morgan fingerprint density at radius 3 is 2.31 bits per heavy atom. The minimum atomic E-state index is -0.349. The van der Waals surface area contributed by atoms with E-state index in [2.05, 4.69) is 5.32 Å². The second-order valence-electron chi connectivity index (χ2n) is 6.67. The van der Waals surface area contributed by atoms with Crippen LogP contribution in [-0.2, 0) is 4.79 Å². The molecule has 0 saturated heterocycles. The molecule has 0 fully saturated rings. The summed E-state index contributed by atoms with van der Waals surface area (Å²) in [5, 5.41) is 5.88. The highest BCUT2D eigenvalue weighted by Crippen LogP contribution is 2.42. The van der Waals surface area contributed by atoms with E-state index in [9.17, 15) is 4.79 Å². The molecule has 0 saturated carbocycles. The fraction of sp³-hybridized carbons (Fsp3) is 0.136. The van der Waals surface area contributed by atoms with Crippen molar-refractivity contribution in [2.24, 2.45) is 0 Å². The zero-order chi connectivity index (χ0) is 20.7. The van der Waals surface area contributed by atoms with Gasteiger partial charge in [-0.2, -0.15) is 0 Å². The van der Waals surface area contributed by atoms with Crippen LogP contribution < -0.4 is 10.1 Å². The summed E-state index contributed by atoms with van der Waals surface area (Å²) < 4.78 is 11.4. The second-order valence-corrected chi connectivity index (χ2v) is 7.80. The van der Waals surface area contributed by atoms with E-state index in [-0.39, 0.29) is 18.3 Å². The molecule has 0 bridgehead atoms. The largest absolute Gasteiger partial charge is 0.481 e. The number of carbonyl (C=O) groups is 1. The fourth-order valence-corrected chi connectivity index (χ4v) is 4.00. The lowest BCUT2D eigenvalue weighted by Gasteiger charge is -2.15. The smallest absolute Gasteiger partial charge is 0.262 e. The molecule has 29 heavy (non-hydrogen) atoms. The van der Waals surface area contributed by atoms with E-state index in [1.54, 1.807) is 19.9 Å². The van der Waals surface area contributed by atoms with E-state index in [4.69, 9.17) is 44.0 Å². The number of hydrogen-bond donors (Lipinski definition) is 1. The van der Waals surface area contributed by atoms with Gasteiger partial charge in [0.15, 0.2) is 12.4 Å². The van der Waals surface area contributed by atoms with Gasteiger partial charge in [-0.15, -0.1) is 0 Å². The molecule has 0 aliphatic heterocycles. The Kier molecular flexibility index (Phi) is 5.34. The molecule has 0 aliphatic carbocycles. The lowest BCUT2D eigenvalue weighted by Crippen LogP contribution is -2.20. The highest BCUT2D eigenvalue weighted by Gasteiger charge is 2.19. The number of rotatable bonds is 4. The van der Waals surface area contributed by atoms with Crippen LogP contribution in [0.25, 0.3) is 21.9 Å². The van der Waals surface area contributed by atoms with Gasteiger partial charge in [0.05, 0.1) is 10.0 Å². The molecule has 7 heteroatoms. The van der Waals surface area contributed by atoms with Crippen molar-refractivity contribution in [3.8, 4) is 5.75 Å². The van der Waals surface area contributed by atoms with Gasteiger partial charge in [0.2, 0.25) is 0 Å². The Bertz CT molecular complexity index is 1230. The summed E-state index contributed by atoms with van der Waals surface area (Å²) in [5.74, 6) is -0.103. The summed E-state index contributed by atoms with van der Waals surface area (Å²) >= 11 is 18.8. The number of amides is 1. The molecule has 3 aromatic carbocycles. The number of furan rings is 1. The van der Waals surface area contributed by atoms with Gasteiger partial charge < -0.3 is 14.5 Å². The summed E-state index contributed by atoms with van der Waals surface area (Å²) in [7, 11) is 0. The standard InChI is InChI=1S/C22H16Cl3NO3/c1-11-19(23)12(2)21(25)22(20(11)24)28-10-18(27)26-13-7-8-15-14-5-3-4-6-16(14)29-17(15)9-13/h3-9H,10H2,1-2H3,(H,26,27). The van der Waals surface area contributed by atoms with Crippen LogP contribution in [0.4, 0.5) is 5.69 Å². The van der Waals surface area contributed by atoms with Gasteiger partial charge >= 0.3 is 0 Å². The number of hydrogen-bond acceptors (Lipinski definition) is 3. The average Bonchev–Trinajstić information content (AvgIpc) is 3.08. The zero-order valence-electron chi connectivity index (χ0n) is 15.6. The lowest BCUT2D eigenvalue weighted by atomic mass is 10.1. The van der Waals surface area contributed by atoms with Crippen LogP contribution in [0.5, 0.6) is 5.75 Å². The van der Waals surface area contributed by atoms with E-state index in [1.807, 2.05) is 36.4 Å². The molecule has 0 spiro atoms. The van der Waals surface area contributed by atoms with Gasteiger partial charge in [-0.3, -0.25) is 4.79 Å². The molecule has 1 aromatic heterocycles. The van der Waals surface area contributed by atoms with Crippen molar-refractivity contribution in [1.29, 1.82) is 0 Å². The van der Waals surface area contributed by atoms with Gasteiger partial charge in [0.25, 0.3) is 5.91 Å². The molecule has 4 aromatic rings. The number of para-hydroxylation sites is 1. The maximum atomic E-state index is 12.4. The van der Waals surface area contributed by atoms with Crippen molar-refractivity contribution >= 4 is 68.3 Å². The van der Waals surface area contributed by atoms with Gasteiger partial charge in [0.1, 0.15) is 11.2 Å². The minimum Gasteiger partial charge on any atom is -0.481 e. The van der Waals surface area contributed by atoms with Crippen LogP contribution in [0.3, 0.4) is 0 Å². The SMILES string of the molecule is Cc1c(Cl)c(C)c(Cl)c(OCC(=O)Nc2ccc3c(c2)oc2ccccc23)c1Cl. The molecule has 1 N–H and O–H groups in total. The minimum absolute atomic E-state index is 0.246. The molecule has 0 aliphatic rings. The topological polar surface area (TPSA) is 51.5 Å². The molecule has 4 rings (SSSR count). The Labute approximate surface area is 182 Å². The Morgan fingerprint density at radius 2 is 1.59 bits per heavy atom. The predicted octanol–water partition coefficient (Wildman–Crippen LogP) is 7.18. The first-order valence-corrected chi connectivity index (χ1v) is 9.97. The van der Waals surface area contributed by atoms with Crippen molar-refractivity contribution in [1.82, 2.24) is 0 Å². The monoisotopic (exact) mass is 447 g/mol. The molecule has 0 radical (unpaired) electrons. The lowest BCUT2D eigenvalue weighted by molar-refractivity contribution is -0.118. The maximum absolute atomic E-state index is 12.4. The summed E-state index contributed by atoms with van der Waals surface area (Å²) in [6, 6.07) is 13.3. The number of carbonyl (C=O) groups excluding carboxylic acids is 1.